The summed E-state index contributed by atoms with van der Waals surface area (Å²) >= 11 is 1.24. The number of aromatic nitrogens is 2. The third-order valence-electron chi connectivity index (χ3n) is 3.19. The van der Waals surface area contributed by atoms with Crippen LogP contribution in [-0.4, -0.2) is 27.3 Å². The Bertz CT molecular complexity index is 698. The lowest BCUT2D eigenvalue weighted by molar-refractivity contribution is 0.0697. The number of carbonyl (C=O) groups is 2. The zero-order chi connectivity index (χ0) is 15.7. The lowest BCUT2D eigenvalue weighted by atomic mass is 10.1. The number of H-pyrrole nitrogens is 1. The van der Waals surface area contributed by atoms with E-state index in [0.29, 0.717) is 21.9 Å². The van der Waals surface area contributed by atoms with Crippen LogP contribution in [0, 0.1) is 27.7 Å². The number of thiophene rings is 1. The van der Waals surface area contributed by atoms with Crippen molar-refractivity contribution in [3.8, 4) is 0 Å². The van der Waals surface area contributed by atoms with Gasteiger partial charge in [0.05, 0.1) is 22.6 Å². The molecule has 8 heteroatoms. The van der Waals surface area contributed by atoms with Gasteiger partial charge < -0.3 is 10.4 Å². The molecule has 0 fully saturated rings. The predicted octanol–water partition coefficient (Wildman–Crippen LogP) is 3.05. The Balaban J connectivity index is 2.21. The van der Waals surface area contributed by atoms with Crippen molar-refractivity contribution in [2.75, 3.05) is 10.6 Å². The highest BCUT2D eigenvalue weighted by Gasteiger charge is 2.20. The smallest absolute Gasteiger partial charge is 0.338 e. The minimum atomic E-state index is -1.05. The Morgan fingerprint density at radius 2 is 1.86 bits per heavy atom. The number of amides is 2. The molecule has 0 aliphatic rings. The molecule has 2 rings (SSSR count). The summed E-state index contributed by atoms with van der Waals surface area (Å²) < 4.78 is 0. The number of nitrogens with zero attached hydrogens (tertiary/aromatic N) is 1. The number of urea groups is 1. The van der Waals surface area contributed by atoms with Crippen LogP contribution in [0.15, 0.2) is 0 Å². The van der Waals surface area contributed by atoms with Gasteiger partial charge in [0, 0.05) is 4.88 Å². The number of nitrogens with one attached hydrogen (secondary N) is 3. The van der Waals surface area contributed by atoms with Crippen molar-refractivity contribution in [1.29, 1.82) is 0 Å². The van der Waals surface area contributed by atoms with Gasteiger partial charge in [-0.05, 0) is 33.3 Å². The summed E-state index contributed by atoms with van der Waals surface area (Å²) in [5.41, 5.74) is 2.79. The molecule has 2 amide bonds. The monoisotopic (exact) mass is 308 g/mol. The summed E-state index contributed by atoms with van der Waals surface area (Å²) in [6.45, 7) is 7.10. The predicted molar refractivity (Wildman–Crippen MR) is 81.5 cm³/mol. The van der Waals surface area contributed by atoms with Gasteiger partial charge in [0.15, 0.2) is 0 Å². The maximum Gasteiger partial charge on any atom is 0.338 e. The van der Waals surface area contributed by atoms with Gasteiger partial charge >= 0.3 is 12.0 Å². The molecule has 2 aromatic heterocycles. The van der Waals surface area contributed by atoms with E-state index in [1.807, 2.05) is 6.92 Å². The van der Waals surface area contributed by atoms with Gasteiger partial charge in [-0.2, -0.15) is 5.10 Å². The number of aromatic carboxylic acids is 1. The van der Waals surface area contributed by atoms with E-state index >= 15 is 0 Å². The first-order valence-corrected chi connectivity index (χ1v) is 7.05. The molecule has 21 heavy (non-hydrogen) atoms. The second-order valence-corrected chi connectivity index (χ2v) is 5.91. The number of aromatic amines is 1. The number of carboxylic acids is 1. The number of carboxylic acid groups (broad SMARTS) is 1. The molecule has 112 valence electrons. The molecule has 0 saturated heterocycles. The molecule has 0 aromatic carbocycles. The van der Waals surface area contributed by atoms with Crippen LogP contribution in [0.25, 0.3) is 0 Å². The van der Waals surface area contributed by atoms with Gasteiger partial charge in [-0.3, -0.25) is 10.4 Å². The van der Waals surface area contributed by atoms with Crippen LogP contribution in [0.2, 0.25) is 0 Å². The first-order chi connectivity index (χ1) is 9.81. The van der Waals surface area contributed by atoms with E-state index in [2.05, 4.69) is 20.8 Å². The van der Waals surface area contributed by atoms with E-state index in [1.54, 1.807) is 20.8 Å². The van der Waals surface area contributed by atoms with Gasteiger partial charge in [-0.25, -0.2) is 9.59 Å². The van der Waals surface area contributed by atoms with Crippen molar-refractivity contribution in [2.45, 2.75) is 27.7 Å². The average molecular weight is 308 g/mol. The zero-order valence-electron chi connectivity index (χ0n) is 12.1. The van der Waals surface area contributed by atoms with Crippen LogP contribution < -0.4 is 10.6 Å². The summed E-state index contributed by atoms with van der Waals surface area (Å²) in [5.74, 6) is -1.05. The minimum absolute atomic E-state index is 0.133. The van der Waals surface area contributed by atoms with Crippen molar-refractivity contribution in [1.82, 2.24) is 10.2 Å². The first-order valence-electron chi connectivity index (χ1n) is 6.24. The Hall–Kier alpha value is -2.35. The topological polar surface area (TPSA) is 107 Å². The third-order valence-corrected chi connectivity index (χ3v) is 4.32. The third kappa shape index (κ3) is 2.89. The first kappa shape index (κ1) is 15.0. The highest BCUT2D eigenvalue weighted by Crippen LogP contribution is 2.32. The summed E-state index contributed by atoms with van der Waals surface area (Å²) in [5, 5.41) is 21.6. The van der Waals surface area contributed by atoms with Gasteiger partial charge in [0.25, 0.3) is 0 Å². The summed E-state index contributed by atoms with van der Waals surface area (Å²) in [4.78, 5) is 24.2. The fourth-order valence-electron chi connectivity index (χ4n) is 1.96. The fraction of sp³-hybridized carbons (Fsp3) is 0.308. The Kier molecular flexibility index (Phi) is 3.99. The molecule has 0 aliphatic heterocycles. The molecule has 0 saturated carbocycles. The molecule has 0 unspecified atom stereocenters. The summed E-state index contributed by atoms with van der Waals surface area (Å²) in [7, 11) is 0. The molecular formula is C13H16N4O3S. The van der Waals surface area contributed by atoms with Crippen LogP contribution >= 0.6 is 11.3 Å². The quantitative estimate of drug-likeness (QED) is 0.699. The zero-order valence-corrected chi connectivity index (χ0v) is 12.9. The van der Waals surface area contributed by atoms with E-state index in [4.69, 9.17) is 0 Å². The highest BCUT2D eigenvalue weighted by molar-refractivity contribution is 7.16. The van der Waals surface area contributed by atoms with Crippen molar-refractivity contribution < 1.29 is 14.7 Å². The second kappa shape index (κ2) is 5.57. The van der Waals surface area contributed by atoms with E-state index in [-0.39, 0.29) is 5.56 Å². The number of hydrogen-bond donors (Lipinski definition) is 4. The minimum Gasteiger partial charge on any atom is -0.478 e. The SMILES string of the molecule is Cc1n[nH]c(C)c1NC(=O)Nc1sc(C)c(C)c1C(=O)O. The van der Waals surface area contributed by atoms with Crippen molar-refractivity contribution in [3.63, 3.8) is 0 Å². The molecule has 0 aliphatic carbocycles. The van der Waals surface area contributed by atoms with Gasteiger partial charge in [-0.15, -0.1) is 11.3 Å². The van der Waals surface area contributed by atoms with Gasteiger partial charge in [0.2, 0.25) is 0 Å². The molecule has 0 bridgehead atoms. The number of anilines is 2. The number of aryl methyl sites for hydroxylation is 3. The van der Waals surface area contributed by atoms with E-state index in [0.717, 1.165) is 10.6 Å². The standard InChI is InChI=1S/C13H16N4O3S/c1-5-8(4)21-11(9(5)12(18)19)15-13(20)14-10-6(2)16-17-7(10)3/h1-4H3,(H,16,17)(H,18,19)(H2,14,15,20). The van der Waals surface area contributed by atoms with Gasteiger partial charge in [-0.1, -0.05) is 0 Å². The maximum absolute atomic E-state index is 12.0. The van der Waals surface area contributed by atoms with Crippen molar-refractivity contribution >= 4 is 34.0 Å². The van der Waals surface area contributed by atoms with Crippen LogP contribution in [0.5, 0.6) is 0 Å². The van der Waals surface area contributed by atoms with Crippen LogP contribution in [0.4, 0.5) is 15.5 Å². The molecule has 4 N–H and O–H groups in total. The van der Waals surface area contributed by atoms with Crippen LogP contribution in [0.1, 0.15) is 32.2 Å². The normalized spacial score (nSPS) is 10.5. The van der Waals surface area contributed by atoms with E-state index in [1.165, 1.54) is 11.3 Å². The summed E-state index contributed by atoms with van der Waals surface area (Å²) in [6, 6.07) is -0.494. The average Bonchev–Trinajstić information content (AvgIpc) is 2.83. The lowest BCUT2D eigenvalue weighted by Gasteiger charge is -2.07. The van der Waals surface area contributed by atoms with Crippen molar-refractivity contribution in [3.05, 3.63) is 27.4 Å². The lowest BCUT2D eigenvalue weighted by Crippen LogP contribution is -2.20. The molecule has 2 heterocycles. The number of rotatable bonds is 3. The number of hydrogen-bond acceptors (Lipinski definition) is 4. The van der Waals surface area contributed by atoms with E-state index < -0.39 is 12.0 Å². The molecule has 0 atom stereocenters. The molecule has 2 aromatic rings. The molecule has 7 nitrogen and oxygen atoms in total. The largest absolute Gasteiger partial charge is 0.478 e. The van der Waals surface area contributed by atoms with Crippen LogP contribution in [0.3, 0.4) is 0 Å². The highest BCUT2D eigenvalue weighted by atomic mass is 32.1. The number of carbonyl (C=O) groups excluding carboxylic acids is 1. The van der Waals surface area contributed by atoms with Crippen molar-refractivity contribution in [2.24, 2.45) is 0 Å². The van der Waals surface area contributed by atoms with Gasteiger partial charge in [0.1, 0.15) is 5.00 Å². The molecule has 0 spiro atoms. The molecule has 0 radical (unpaired) electrons. The maximum atomic E-state index is 12.0. The fourth-order valence-corrected chi connectivity index (χ4v) is 3.00. The second-order valence-electron chi connectivity index (χ2n) is 4.68. The molecular weight excluding hydrogens is 292 g/mol. The Morgan fingerprint density at radius 3 is 2.38 bits per heavy atom. The summed E-state index contributed by atoms with van der Waals surface area (Å²) in [6.07, 6.45) is 0. The van der Waals surface area contributed by atoms with Crippen LogP contribution in [-0.2, 0) is 0 Å². The van der Waals surface area contributed by atoms with E-state index in [9.17, 15) is 14.7 Å². The Morgan fingerprint density at radius 1 is 1.19 bits per heavy atom. The Labute approximate surface area is 125 Å².